The van der Waals surface area contributed by atoms with Gasteiger partial charge in [-0.25, -0.2) is 12.7 Å². The number of nitrogens with one attached hydrogen (secondary N) is 2. The summed E-state index contributed by atoms with van der Waals surface area (Å²) in [5.74, 6) is 3.88. The molecule has 2 heterocycles. The smallest absolute Gasteiger partial charge is 0.253 e. The molecule has 1 aromatic rings. The molecule has 2 N–H and O–H groups in total. The van der Waals surface area contributed by atoms with Gasteiger partial charge in [0.1, 0.15) is 11.4 Å². The van der Waals surface area contributed by atoms with E-state index >= 15 is 0 Å². The first-order valence-corrected chi connectivity index (χ1v) is 13.9. The molecule has 1 aromatic carbocycles. The summed E-state index contributed by atoms with van der Waals surface area (Å²) >= 11 is 0. The summed E-state index contributed by atoms with van der Waals surface area (Å²) in [6, 6.07) is 5.49. The summed E-state index contributed by atoms with van der Waals surface area (Å²) in [7, 11) is -3.47. The van der Waals surface area contributed by atoms with Crippen LogP contribution in [-0.4, -0.2) is 54.8 Å². The number of carbonyl (C=O) groups is 2. The van der Waals surface area contributed by atoms with Crippen molar-refractivity contribution in [2.75, 3.05) is 24.2 Å². The minimum atomic E-state index is -3.47. The number of hydrogen-bond donors (Lipinski definition) is 2. The SMILES string of the molecule is C#C[C@H]1CC[C@H](C2=NC3(CCN(S(=O)(=O)CCc4ccc(NC(C)=O)cc4C)CC3)C(=O)N2)CC1. The van der Waals surface area contributed by atoms with Crippen molar-refractivity contribution in [3.63, 3.8) is 0 Å². The minimum Gasteiger partial charge on any atom is -0.326 e. The highest BCUT2D eigenvalue weighted by Crippen LogP contribution is 2.36. The van der Waals surface area contributed by atoms with Crippen molar-refractivity contribution in [2.45, 2.75) is 64.3 Å². The second-order valence-electron chi connectivity index (χ2n) is 9.99. The molecule has 9 heteroatoms. The zero-order valence-corrected chi connectivity index (χ0v) is 21.3. The molecule has 0 atom stereocenters. The third kappa shape index (κ3) is 5.60. The average molecular weight is 499 g/mol. The number of hydrogen-bond acceptors (Lipinski definition) is 5. The number of anilines is 1. The molecule has 4 rings (SSSR count). The fourth-order valence-electron chi connectivity index (χ4n) is 5.37. The average Bonchev–Trinajstić information content (AvgIpc) is 3.14. The lowest BCUT2D eigenvalue weighted by Gasteiger charge is -2.34. The topological polar surface area (TPSA) is 108 Å². The van der Waals surface area contributed by atoms with Crippen molar-refractivity contribution in [2.24, 2.45) is 16.8 Å². The standard InChI is InChI=1S/C26H34N4O4S/c1-4-20-5-7-22(8-6-20)24-28-25(32)26(29-24)12-14-30(15-13-26)35(33,34)16-11-21-9-10-23(17-18(21)2)27-19(3)31/h1,9-10,17,20,22H,5-8,11-16H2,2-3H3,(H,27,31)(H,28,29,32)/t20-,22-. The number of benzene rings is 1. The molecule has 188 valence electrons. The number of sulfonamides is 1. The van der Waals surface area contributed by atoms with E-state index in [1.807, 2.05) is 19.1 Å². The first kappa shape index (κ1) is 25.4. The van der Waals surface area contributed by atoms with Gasteiger partial charge in [-0.15, -0.1) is 12.3 Å². The Morgan fingerprint density at radius 3 is 2.54 bits per heavy atom. The van der Waals surface area contributed by atoms with Crippen LogP contribution in [0.3, 0.4) is 0 Å². The summed E-state index contributed by atoms with van der Waals surface area (Å²) in [6.45, 7) is 3.93. The van der Waals surface area contributed by atoms with Crippen molar-refractivity contribution < 1.29 is 18.0 Å². The predicted octanol–water partition coefficient (Wildman–Crippen LogP) is 2.63. The normalized spacial score (nSPS) is 24.5. The van der Waals surface area contributed by atoms with E-state index in [0.29, 0.717) is 30.9 Å². The van der Waals surface area contributed by atoms with Crippen molar-refractivity contribution >= 4 is 33.4 Å². The summed E-state index contributed by atoms with van der Waals surface area (Å²) in [5.41, 5.74) is 1.72. The Morgan fingerprint density at radius 2 is 1.94 bits per heavy atom. The first-order chi connectivity index (χ1) is 16.6. The minimum absolute atomic E-state index is 0.000539. The number of aliphatic imine (C=N–C) groups is 1. The van der Waals surface area contributed by atoms with E-state index in [-0.39, 0.29) is 36.6 Å². The first-order valence-electron chi connectivity index (χ1n) is 12.3. The van der Waals surface area contributed by atoms with E-state index in [9.17, 15) is 18.0 Å². The van der Waals surface area contributed by atoms with E-state index < -0.39 is 15.6 Å². The number of amides is 2. The molecule has 0 unspecified atom stereocenters. The van der Waals surface area contributed by atoms with Crippen LogP contribution in [0.4, 0.5) is 5.69 Å². The highest BCUT2D eigenvalue weighted by atomic mass is 32.2. The maximum Gasteiger partial charge on any atom is 0.253 e. The highest BCUT2D eigenvalue weighted by molar-refractivity contribution is 7.89. The van der Waals surface area contributed by atoms with Crippen molar-refractivity contribution in [1.82, 2.24) is 9.62 Å². The van der Waals surface area contributed by atoms with E-state index in [0.717, 1.165) is 42.6 Å². The molecular weight excluding hydrogens is 464 g/mol. The van der Waals surface area contributed by atoms with Crippen molar-refractivity contribution in [3.8, 4) is 12.3 Å². The van der Waals surface area contributed by atoms with Gasteiger partial charge in [0.2, 0.25) is 15.9 Å². The molecule has 0 bridgehead atoms. The Morgan fingerprint density at radius 1 is 1.26 bits per heavy atom. The van der Waals surface area contributed by atoms with E-state index in [1.54, 1.807) is 6.07 Å². The number of amidine groups is 1. The van der Waals surface area contributed by atoms with Gasteiger partial charge in [0.25, 0.3) is 5.91 Å². The molecule has 0 aromatic heterocycles. The zero-order chi connectivity index (χ0) is 25.2. The Hall–Kier alpha value is -2.70. The van der Waals surface area contributed by atoms with E-state index in [2.05, 4.69) is 16.6 Å². The molecule has 35 heavy (non-hydrogen) atoms. The summed E-state index contributed by atoms with van der Waals surface area (Å²) in [6.07, 6.45) is 10.5. The molecule has 0 radical (unpaired) electrons. The Bertz CT molecular complexity index is 1170. The third-order valence-electron chi connectivity index (χ3n) is 7.58. The Balaban J connectivity index is 1.35. The Kier molecular flexibility index (Phi) is 7.34. The molecule has 2 aliphatic heterocycles. The van der Waals surface area contributed by atoms with E-state index in [4.69, 9.17) is 11.4 Å². The zero-order valence-electron chi connectivity index (χ0n) is 20.5. The monoisotopic (exact) mass is 498 g/mol. The second kappa shape index (κ2) is 10.1. The number of rotatable bonds is 6. The number of nitrogens with zero attached hydrogens (tertiary/aromatic N) is 2. The van der Waals surface area contributed by atoms with Gasteiger partial charge in [-0.2, -0.15) is 0 Å². The third-order valence-corrected chi connectivity index (χ3v) is 9.46. The maximum atomic E-state index is 13.1. The lowest BCUT2D eigenvalue weighted by Crippen LogP contribution is -2.51. The lowest BCUT2D eigenvalue weighted by molar-refractivity contribution is -0.125. The second-order valence-corrected chi connectivity index (χ2v) is 12.1. The molecule has 2 amide bonds. The van der Waals surface area contributed by atoms with Crippen LogP contribution in [0.2, 0.25) is 0 Å². The summed E-state index contributed by atoms with van der Waals surface area (Å²) in [5, 5.41) is 5.74. The van der Waals surface area contributed by atoms with Gasteiger partial charge < -0.3 is 10.6 Å². The van der Waals surface area contributed by atoms with Crippen LogP contribution >= 0.6 is 0 Å². The fraction of sp³-hybridized carbons (Fsp3) is 0.577. The molecule has 1 saturated heterocycles. The van der Waals surface area contributed by atoms with Crippen LogP contribution < -0.4 is 10.6 Å². The molecular formula is C26H34N4O4S. The van der Waals surface area contributed by atoms with Crippen LogP contribution in [0.5, 0.6) is 0 Å². The number of terminal acetylenes is 1. The van der Waals surface area contributed by atoms with Gasteiger partial charge in [0, 0.05) is 37.5 Å². The largest absolute Gasteiger partial charge is 0.326 e. The van der Waals surface area contributed by atoms with Crippen molar-refractivity contribution in [3.05, 3.63) is 29.3 Å². The summed E-state index contributed by atoms with van der Waals surface area (Å²) in [4.78, 5) is 29.0. The predicted molar refractivity (Wildman–Crippen MR) is 136 cm³/mol. The van der Waals surface area contributed by atoms with Crippen molar-refractivity contribution in [1.29, 1.82) is 0 Å². The van der Waals surface area contributed by atoms with Gasteiger partial charge in [-0.05, 0) is 75.1 Å². The van der Waals surface area contributed by atoms with Crippen LogP contribution in [0.25, 0.3) is 0 Å². The molecule has 3 aliphatic rings. The van der Waals surface area contributed by atoms with Crippen LogP contribution in [0.1, 0.15) is 56.6 Å². The van der Waals surface area contributed by atoms with Gasteiger partial charge in [0.05, 0.1) is 5.75 Å². The molecule has 1 saturated carbocycles. The summed E-state index contributed by atoms with van der Waals surface area (Å²) < 4.78 is 27.6. The van der Waals surface area contributed by atoms with Gasteiger partial charge in [-0.3, -0.25) is 14.6 Å². The maximum absolute atomic E-state index is 13.1. The quantitative estimate of drug-likeness (QED) is 0.588. The Labute approximate surface area is 208 Å². The van der Waals surface area contributed by atoms with E-state index in [1.165, 1.54) is 11.2 Å². The number of piperidine rings is 1. The van der Waals surface area contributed by atoms with Crippen LogP contribution in [-0.2, 0) is 26.0 Å². The van der Waals surface area contributed by atoms with Crippen LogP contribution in [0.15, 0.2) is 23.2 Å². The lowest BCUT2D eigenvalue weighted by atomic mass is 9.82. The van der Waals surface area contributed by atoms with Gasteiger partial charge in [-0.1, -0.05) is 6.07 Å². The van der Waals surface area contributed by atoms with Gasteiger partial charge >= 0.3 is 0 Å². The van der Waals surface area contributed by atoms with Gasteiger partial charge in [0.15, 0.2) is 0 Å². The molecule has 2 fully saturated rings. The molecule has 1 aliphatic carbocycles. The number of carbonyl (C=O) groups excluding carboxylic acids is 2. The molecule has 1 spiro atoms. The molecule has 8 nitrogen and oxygen atoms in total. The highest BCUT2D eigenvalue weighted by Gasteiger charge is 2.48. The fourth-order valence-corrected chi connectivity index (χ4v) is 6.84. The van der Waals surface area contributed by atoms with Crippen LogP contribution in [0, 0.1) is 31.1 Å². The number of aryl methyl sites for hydroxylation is 2.